The molecule has 0 fully saturated rings. The molecule has 3 aromatic rings. The summed E-state index contributed by atoms with van der Waals surface area (Å²) in [5, 5.41) is 7.38. The minimum absolute atomic E-state index is 0.579. The van der Waals surface area contributed by atoms with Gasteiger partial charge < -0.3 is 14.2 Å². The predicted octanol–water partition coefficient (Wildman–Crippen LogP) is 4.27. The van der Waals surface area contributed by atoms with Gasteiger partial charge >= 0.3 is 0 Å². The second-order valence-electron chi connectivity index (χ2n) is 5.37. The number of aromatic amines is 1. The smallest absolute Gasteiger partial charge is 0.203 e. The van der Waals surface area contributed by atoms with Crippen molar-refractivity contribution in [1.29, 1.82) is 0 Å². The van der Waals surface area contributed by atoms with Gasteiger partial charge in [-0.15, -0.1) is 0 Å². The highest BCUT2D eigenvalue weighted by molar-refractivity contribution is 5.73. The van der Waals surface area contributed by atoms with E-state index in [-0.39, 0.29) is 0 Å². The maximum Gasteiger partial charge on any atom is 0.203 e. The Morgan fingerprint density at radius 3 is 2.12 bits per heavy atom. The minimum atomic E-state index is 0.579. The molecule has 0 saturated carbocycles. The normalized spacial score (nSPS) is 10.8. The van der Waals surface area contributed by atoms with E-state index in [1.165, 1.54) is 0 Å². The second-order valence-corrected chi connectivity index (χ2v) is 5.37. The van der Waals surface area contributed by atoms with Crippen LogP contribution in [0.5, 0.6) is 17.2 Å². The Kier molecular flexibility index (Phi) is 5.04. The molecule has 0 aliphatic rings. The highest BCUT2D eigenvalue weighted by Gasteiger charge is 2.12. The largest absolute Gasteiger partial charge is 0.493 e. The third-order valence-electron chi connectivity index (χ3n) is 3.81. The fraction of sp³-hybridized carbons (Fsp3) is 0.150. The van der Waals surface area contributed by atoms with Gasteiger partial charge in [-0.2, -0.15) is 5.10 Å². The van der Waals surface area contributed by atoms with Crippen molar-refractivity contribution in [3.63, 3.8) is 0 Å². The van der Waals surface area contributed by atoms with Crippen molar-refractivity contribution in [3.8, 4) is 28.5 Å². The summed E-state index contributed by atoms with van der Waals surface area (Å²) in [7, 11) is 4.79. The van der Waals surface area contributed by atoms with Gasteiger partial charge in [0, 0.05) is 5.56 Å². The van der Waals surface area contributed by atoms with Gasteiger partial charge in [0.1, 0.15) is 0 Å². The third-order valence-corrected chi connectivity index (χ3v) is 3.81. The van der Waals surface area contributed by atoms with Crippen LogP contribution in [0.3, 0.4) is 0 Å². The molecule has 1 N–H and O–H groups in total. The molecule has 128 valence electrons. The quantitative estimate of drug-likeness (QED) is 0.730. The van der Waals surface area contributed by atoms with E-state index in [4.69, 9.17) is 14.2 Å². The van der Waals surface area contributed by atoms with E-state index in [1.807, 2.05) is 60.7 Å². The van der Waals surface area contributed by atoms with E-state index >= 15 is 0 Å². The molecule has 0 atom stereocenters. The highest BCUT2D eigenvalue weighted by Crippen LogP contribution is 2.38. The van der Waals surface area contributed by atoms with E-state index in [2.05, 4.69) is 10.2 Å². The van der Waals surface area contributed by atoms with Crippen LogP contribution in [0.4, 0.5) is 0 Å². The summed E-state index contributed by atoms with van der Waals surface area (Å²) in [6, 6.07) is 15.8. The monoisotopic (exact) mass is 336 g/mol. The molecule has 0 aliphatic carbocycles. The van der Waals surface area contributed by atoms with Gasteiger partial charge in [0.15, 0.2) is 11.5 Å². The Morgan fingerprint density at radius 2 is 1.52 bits per heavy atom. The molecule has 0 unspecified atom stereocenters. The molecule has 0 radical (unpaired) electrons. The third kappa shape index (κ3) is 3.66. The van der Waals surface area contributed by atoms with Gasteiger partial charge in [-0.25, -0.2) is 0 Å². The van der Waals surface area contributed by atoms with E-state index < -0.39 is 0 Å². The van der Waals surface area contributed by atoms with Crippen molar-refractivity contribution < 1.29 is 14.2 Å². The number of benzene rings is 2. The minimum Gasteiger partial charge on any atom is -0.493 e. The molecule has 0 aliphatic heterocycles. The number of nitrogens with zero attached hydrogens (tertiary/aromatic N) is 1. The molecule has 1 aromatic heterocycles. The van der Waals surface area contributed by atoms with Crippen LogP contribution in [0.1, 0.15) is 11.3 Å². The van der Waals surface area contributed by atoms with E-state index in [9.17, 15) is 0 Å². The summed E-state index contributed by atoms with van der Waals surface area (Å²) in [4.78, 5) is 0. The molecule has 2 aromatic carbocycles. The van der Waals surface area contributed by atoms with Crippen molar-refractivity contribution in [1.82, 2.24) is 10.2 Å². The van der Waals surface area contributed by atoms with Crippen molar-refractivity contribution in [2.24, 2.45) is 0 Å². The molecule has 3 rings (SSSR count). The number of H-pyrrole nitrogens is 1. The SMILES string of the molecule is COc1cc(/C=C/c2cc(-c3ccccc3)n[nH]2)cc(OC)c1OC. The molecule has 5 nitrogen and oxygen atoms in total. The summed E-state index contributed by atoms with van der Waals surface area (Å²) in [5.41, 5.74) is 3.83. The lowest BCUT2D eigenvalue weighted by atomic mass is 10.1. The van der Waals surface area contributed by atoms with Crippen LogP contribution >= 0.6 is 0 Å². The maximum atomic E-state index is 5.37. The molecular formula is C20H20N2O3. The lowest BCUT2D eigenvalue weighted by Gasteiger charge is -2.12. The van der Waals surface area contributed by atoms with Gasteiger partial charge in [0.25, 0.3) is 0 Å². The zero-order valence-corrected chi connectivity index (χ0v) is 14.4. The van der Waals surface area contributed by atoms with Gasteiger partial charge in [0.05, 0.1) is 32.7 Å². The summed E-state index contributed by atoms with van der Waals surface area (Å²) >= 11 is 0. The van der Waals surface area contributed by atoms with Crippen molar-refractivity contribution in [3.05, 3.63) is 59.8 Å². The van der Waals surface area contributed by atoms with Gasteiger partial charge in [0.2, 0.25) is 5.75 Å². The Bertz CT molecular complexity index is 845. The van der Waals surface area contributed by atoms with Gasteiger partial charge in [-0.1, -0.05) is 36.4 Å². The summed E-state index contributed by atoms with van der Waals surface area (Å²) in [5.74, 6) is 1.82. The van der Waals surface area contributed by atoms with Crippen LogP contribution in [-0.2, 0) is 0 Å². The number of hydrogen-bond donors (Lipinski definition) is 1. The number of aromatic nitrogens is 2. The van der Waals surface area contributed by atoms with E-state index in [1.54, 1.807) is 21.3 Å². The van der Waals surface area contributed by atoms with Crippen molar-refractivity contribution in [2.75, 3.05) is 21.3 Å². The maximum absolute atomic E-state index is 5.37. The van der Waals surface area contributed by atoms with Gasteiger partial charge in [-0.05, 0) is 29.8 Å². The number of rotatable bonds is 6. The topological polar surface area (TPSA) is 56.4 Å². The molecule has 1 heterocycles. The zero-order valence-electron chi connectivity index (χ0n) is 14.4. The average Bonchev–Trinajstić information content (AvgIpc) is 3.15. The van der Waals surface area contributed by atoms with E-state index in [0.29, 0.717) is 17.2 Å². The number of methoxy groups -OCH3 is 3. The summed E-state index contributed by atoms with van der Waals surface area (Å²) in [6.07, 6.45) is 3.92. The first-order chi connectivity index (χ1) is 12.2. The lowest BCUT2D eigenvalue weighted by Crippen LogP contribution is -1.95. The standard InChI is InChI=1S/C20H20N2O3/c1-23-18-11-14(12-19(24-2)20(18)25-3)9-10-16-13-17(22-21-16)15-7-5-4-6-8-15/h4-13H,1-3H3,(H,21,22)/b10-9+. The van der Waals surface area contributed by atoms with Crippen LogP contribution in [0.25, 0.3) is 23.4 Å². The van der Waals surface area contributed by atoms with Crippen molar-refractivity contribution in [2.45, 2.75) is 0 Å². The molecule has 25 heavy (non-hydrogen) atoms. The molecule has 5 heteroatoms. The zero-order chi connectivity index (χ0) is 17.6. The fourth-order valence-electron chi connectivity index (χ4n) is 2.56. The average molecular weight is 336 g/mol. The fourth-order valence-corrected chi connectivity index (χ4v) is 2.56. The summed E-state index contributed by atoms with van der Waals surface area (Å²) in [6.45, 7) is 0. The Hall–Kier alpha value is -3.21. The number of nitrogens with one attached hydrogen (secondary N) is 1. The molecule has 0 spiro atoms. The number of hydrogen-bond acceptors (Lipinski definition) is 4. The van der Waals surface area contributed by atoms with Crippen LogP contribution in [0.15, 0.2) is 48.5 Å². The van der Waals surface area contributed by atoms with Crippen molar-refractivity contribution >= 4 is 12.2 Å². The molecular weight excluding hydrogens is 316 g/mol. The lowest BCUT2D eigenvalue weighted by molar-refractivity contribution is 0.324. The number of ether oxygens (including phenoxy) is 3. The molecule has 0 amide bonds. The van der Waals surface area contributed by atoms with Crippen LogP contribution < -0.4 is 14.2 Å². The first-order valence-electron chi connectivity index (χ1n) is 7.84. The van der Waals surface area contributed by atoms with Crippen LogP contribution in [0.2, 0.25) is 0 Å². The van der Waals surface area contributed by atoms with E-state index in [0.717, 1.165) is 22.5 Å². The Morgan fingerprint density at radius 1 is 0.840 bits per heavy atom. The van der Waals surface area contributed by atoms with Crippen LogP contribution in [0, 0.1) is 0 Å². The van der Waals surface area contributed by atoms with Gasteiger partial charge in [-0.3, -0.25) is 5.10 Å². The first-order valence-corrected chi connectivity index (χ1v) is 7.84. The predicted molar refractivity (Wildman–Crippen MR) is 99.0 cm³/mol. The second kappa shape index (κ2) is 7.57. The summed E-state index contributed by atoms with van der Waals surface area (Å²) < 4.78 is 16.1. The Balaban J connectivity index is 1.86. The highest BCUT2D eigenvalue weighted by atomic mass is 16.5. The Labute approximate surface area is 146 Å². The molecule has 0 saturated heterocycles. The first kappa shape index (κ1) is 16.6. The molecule has 0 bridgehead atoms. The van der Waals surface area contributed by atoms with Crippen LogP contribution in [-0.4, -0.2) is 31.5 Å².